The second-order valence-corrected chi connectivity index (χ2v) is 13.0. The molecule has 0 atom stereocenters. The summed E-state index contributed by atoms with van der Waals surface area (Å²) in [5.74, 6) is 0.288. The van der Waals surface area contributed by atoms with E-state index in [9.17, 15) is 9.59 Å². The summed E-state index contributed by atoms with van der Waals surface area (Å²) >= 11 is 15.1. The topological polar surface area (TPSA) is 77.6 Å². The number of piperidine rings is 1. The molecule has 7 nitrogen and oxygen atoms in total. The molecule has 2 amide bonds. The van der Waals surface area contributed by atoms with Crippen LogP contribution in [-0.2, 0) is 16.1 Å². The first-order chi connectivity index (χ1) is 19.3. The molecule has 3 heterocycles. The van der Waals surface area contributed by atoms with E-state index in [0.717, 1.165) is 77.9 Å². The molecule has 0 bridgehead atoms. The Bertz CT molecular complexity index is 1400. The number of aromatic nitrogens is 1. The van der Waals surface area contributed by atoms with Crippen LogP contribution in [0.2, 0.25) is 10.0 Å². The van der Waals surface area contributed by atoms with Crippen LogP contribution in [0.15, 0.2) is 64.0 Å². The Morgan fingerprint density at radius 3 is 2.67 bits per heavy atom. The summed E-state index contributed by atoms with van der Waals surface area (Å²) in [4.78, 5) is 34.3. The van der Waals surface area contributed by atoms with Gasteiger partial charge in [0.25, 0.3) is 5.91 Å². The van der Waals surface area contributed by atoms with E-state index >= 15 is 0 Å². The van der Waals surface area contributed by atoms with Crippen molar-refractivity contribution in [2.24, 2.45) is 0 Å². The number of nitrogens with one attached hydrogen (secondary N) is 2. The third-order valence-electron chi connectivity index (χ3n) is 6.97. The number of hydrogen-bond donors (Lipinski definition) is 2. The van der Waals surface area contributed by atoms with Crippen molar-refractivity contribution in [1.29, 1.82) is 0 Å². The number of thiazole rings is 1. The molecule has 40 heavy (non-hydrogen) atoms. The van der Waals surface area contributed by atoms with E-state index in [1.165, 1.54) is 23.1 Å². The maximum Gasteiger partial charge on any atom is 0.253 e. The lowest BCUT2D eigenvalue weighted by atomic mass is 10.0. The van der Waals surface area contributed by atoms with E-state index < -0.39 is 0 Å². The van der Waals surface area contributed by atoms with Crippen molar-refractivity contribution in [1.82, 2.24) is 20.1 Å². The predicted molar refractivity (Wildman–Crippen MR) is 165 cm³/mol. The van der Waals surface area contributed by atoms with Crippen LogP contribution in [-0.4, -0.2) is 65.1 Å². The van der Waals surface area contributed by atoms with Crippen LogP contribution in [0.25, 0.3) is 11.3 Å². The summed E-state index contributed by atoms with van der Waals surface area (Å²) in [7, 11) is 1.97. The van der Waals surface area contributed by atoms with Gasteiger partial charge in [0, 0.05) is 67.7 Å². The molecule has 0 saturated carbocycles. The number of hydrogen-bond acceptors (Lipinski definition) is 7. The lowest BCUT2D eigenvalue weighted by Crippen LogP contribution is -2.44. The number of thioether (sulfide) groups is 1. The third kappa shape index (κ3) is 7.79. The lowest BCUT2D eigenvalue weighted by Gasteiger charge is -2.32. The molecule has 0 unspecified atom stereocenters. The highest BCUT2D eigenvalue weighted by atomic mass is 35.5. The Hall–Kier alpha value is -2.56. The van der Waals surface area contributed by atoms with Gasteiger partial charge in [0.05, 0.1) is 21.5 Å². The van der Waals surface area contributed by atoms with Crippen LogP contribution in [0.4, 0.5) is 5.69 Å². The molecule has 3 aromatic rings. The van der Waals surface area contributed by atoms with Gasteiger partial charge in [-0.2, -0.15) is 0 Å². The van der Waals surface area contributed by atoms with E-state index in [0.29, 0.717) is 15.8 Å². The van der Waals surface area contributed by atoms with E-state index in [4.69, 9.17) is 28.2 Å². The molecular weight excluding hydrogens is 585 g/mol. The summed E-state index contributed by atoms with van der Waals surface area (Å²) in [5.41, 5.74) is 4.42. The van der Waals surface area contributed by atoms with E-state index in [1.54, 1.807) is 0 Å². The number of halogens is 2. The van der Waals surface area contributed by atoms with Gasteiger partial charge < -0.3 is 15.5 Å². The zero-order valence-corrected chi connectivity index (χ0v) is 25.3. The zero-order chi connectivity index (χ0) is 28.1. The second-order valence-electron chi connectivity index (χ2n) is 10.1. The monoisotopic (exact) mass is 615 g/mol. The third-order valence-corrected chi connectivity index (χ3v) is 9.73. The van der Waals surface area contributed by atoms with Crippen molar-refractivity contribution in [2.45, 2.75) is 36.2 Å². The highest BCUT2D eigenvalue weighted by Crippen LogP contribution is 2.30. The predicted octanol–water partition coefficient (Wildman–Crippen LogP) is 6.15. The Labute approximate surface area is 252 Å². The molecular formula is C29H31Cl2N5O2S2. The van der Waals surface area contributed by atoms with Gasteiger partial charge >= 0.3 is 0 Å². The molecule has 2 aliphatic rings. The van der Waals surface area contributed by atoms with Gasteiger partial charge in [-0.05, 0) is 49.1 Å². The van der Waals surface area contributed by atoms with E-state index in [2.05, 4.69) is 15.5 Å². The minimum absolute atomic E-state index is 0.0289. The number of nitrogens with zero attached hydrogens (tertiary/aromatic N) is 3. The van der Waals surface area contributed by atoms with Gasteiger partial charge in [-0.1, -0.05) is 53.2 Å². The van der Waals surface area contributed by atoms with Crippen molar-refractivity contribution in [3.05, 3.63) is 75.2 Å². The molecule has 5 rings (SSSR count). The lowest BCUT2D eigenvalue weighted by molar-refractivity contribution is -0.119. The van der Waals surface area contributed by atoms with E-state index in [-0.39, 0.29) is 17.9 Å². The van der Waals surface area contributed by atoms with Crippen molar-refractivity contribution in [2.75, 3.05) is 37.8 Å². The fraction of sp³-hybridized carbons (Fsp3) is 0.345. The van der Waals surface area contributed by atoms with E-state index in [1.807, 2.05) is 66.0 Å². The van der Waals surface area contributed by atoms with Crippen molar-refractivity contribution < 1.29 is 9.59 Å². The minimum atomic E-state index is -0.0702. The molecule has 2 aromatic carbocycles. The second kappa shape index (κ2) is 13.4. The molecule has 2 N–H and O–H groups in total. The summed E-state index contributed by atoms with van der Waals surface area (Å²) in [6.07, 6.45) is 4.48. The van der Waals surface area contributed by atoms with Gasteiger partial charge in [0.15, 0.2) is 4.34 Å². The molecule has 0 spiro atoms. The van der Waals surface area contributed by atoms with Crippen molar-refractivity contribution >= 4 is 63.8 Å². The molecule has 0 radical (unpaired) electrons. The average molecular weight is 617 g/mol. The fourth-order valence-corrected chi connectivity index (χ4v) is 6.78. The fourth-order valence-electron chi connectivity index (χ4n) is 4.82. The molecule has 11 heteroatoms. The molecule has 210 valence electrons. The van der Waals surface area contributed by atoms with Crippen LogP contribution in [0.1, 0.15) is 24.8 Å². The van der Waals surface area contributed by atoms with Crippen LogP contribution in [0.3, 0.4) is 0 Å². The SMILES string of the molecule is CN1C=C(C(=O)Nc2cccc(-c3csc(SCC(=O)NC4CCN(Cc5ccc(Cl)c(Cl)c5)CC4)n3)c2)CC1. The maximum absolute atomic E-state index is 12.6. The number of benzene rings is 2. The molecule has 0 aliphatic carbocycles. The number of carbonyl (C=O) groups excluding carboxylic acids is 2. The number of carbonyl (C=O) groups is 2. The summed E-state index contributed by atoms with van der Waals surface area (Å²) in [6.45, 7) is 3.52. The quantitative estimate of drug-likeness (QED) is 0.281. The highest BCUT2D eigenvalue weighted by molar-refractivity contribution is 8.01. The van der Waals surface area contributed by atoms with Gasteiger partial charge in [0.1, 0.15) is 0 Å². The molecule has 1 saturated heterocycles. The maximum atomic E-state index is 12.6. The van der Waals surface area contributed by atoms with Gasteiger partial charge in [-0.3, -0.25) is 14.5 Å². The Morgan fingerprint density at radius 1 is 1.10 bits per heavy atom. The summed E-state index contributed by atoms with van der Waals surface area (Å²) in [5, 5.41) is 9.31. The Kier molecular flexibility index (Phi) is 9.70. The number of anilines is 1. The Balaban J connectivity index is 1.06. The molecule has 2 aliphatic heterocycles. The van der Waals surface area contributed by atoms with Crippen LogP contribution < -0.4 is 10.6 Å². The first kappa shape index (κ1) is 29.0. The zero-order valence-electron chi connectivity index (χ0n) is 22.2. The largest absolute Gasteiger partial charge is 0.380 e. The van der Waals surface area contributed by atoms with Crippen LogP contribution >= 0.6 is 46.3 Å². The van der Waals surface area contributed by atoms with Crippen LogP contribution in [0.5, 0.6) is 0 Å². The smallest absolute Gasteiger partial charge is 0.253 e. The number of likely N-dealkylation sites (tertiary alicyclic amines) is 1. The molecule has 1 fully saturated rings. The summed E-state index contributed by atoms with van der Waals surface area (Å²) < 4.78 is 0.843. The van der Waals surface area contributed by atoms with Crippen molar-refractivity contribution in [3.63, 3.8) is 0 Å². The van der Waals surface area contributed by atoms with Crippen LogP contribution in [0, 0.1) is 0 Å². The summed E-state index contributed by atoms with van der Waals surface area (Å²) in [6, 6.07) is 13.6. The standard InChI is InChI=1S/C29H31Cl2N5O2S2/c1-35-10-7-21(16-35)28(38)33-23-4-2-3-20(14-23)26-17-39-29(34-26)40-18-27(37)32-22-8-11-36(12-9-22)15-19-5-6-24(30)25(31)13-19/h2-6,13-14,16-17,22H,7-12,15,18H2,1H3,(H,32,37)(H,33,38). The average Bonchev–Trinajstić information content (AvgIpc) is 3.60. The van der Waals surface area contributed by atoms with Gasteiger partial charge in [-0.25, -0.2) is 4.98 Å². The highest BCUT2D eigenvalue weighted by Gasteiger charge is 2.21. The molecule has 1 aromatic heterocycles. The van der Waals surface area contributed by atoms with Gasteiger partial charge in [0.2, 0.25) is 5.91 Å². The minimum Gasteiger partial charge on any atom is -0.380 e. The Morgan fingerprint density at radius 2 is 1.93 bits per heavy atom. The first-order valence-electron chi connectivity index (χ1n) is 13.2. The number of rotatable bonds is 9. The van der Waals surface area contributed by atoms with Gasteiger partial charge in [-0.15, -0.1) is 11.3 Å². The number of amides is 2. The first-order valence-corrected chi connectivity index (χ1v) is 15.8. The normalized spacial score (nSPS) is 16.2. The van der Waals surface area contributed by atoms with Crippen molar-refractivity contribution in [3.8, 4) is 11.3 Å².